The van der Waals surface area contributed by atoms with Gasteiger partial charge < -0.3 is 0 Å². The Morgan fingerprint density at radius 2 is 1.00 bits per heavy atom. The zero-order valence-electron chi connectivity index (χ0n) is 28.1. The van der Waals surface area contributed by atoms with Gasteiger partial charge in [-0.3, -0.25) is 0 Å². The van der Waals surface area contributed by atoms with Crippen LogP contribution in [0.15, 0.2) is 121 Å². The van der Waals surface area contributed by atoms with Crippen LogP contribution in [-0.4, -0.2) is 3.21 Å². The molecule has 0 aromatic heterocycles. The van der Waals surface area contributed by atoms with Gasteiger partial charge in [0.2, 0.25) is 0 Å². The van der Waals surface area contributed by atoms with Gasteiger partial charge in [0.25, 0.3) is 0 Å². The fourth-order valence-corrected chi connectivity index (χ4v) is 16.3. The number of allylic oxidation sites excluding steroid dienone is 4. The van der Waals surface area contributed by atoms with E-state index in [4.69, 9.17) is 0 Å². The van der Waals surface area contributed by atoms with Crippen LogP contribution in [0.5, 0.6) is 0 Å². The minimum atomic E-state index is -2.76. The van der Waals surface area contributed by atoms with E-state index < -0.39 is 21.3 Å². The van der Waals surface area contributed by atoms with E-state index in [1.807, 2.05) is 0 Å². The molecule has 0 heterocycles. The number of fused-ring (bicyclic) bond motifs is 3. The normalized spacial score (nSPS) is 16.5. The monoisotopic (exact) mass is 654 g/mol. The molecule has 0 bridgehead atoms. The first kappa shape index (κ1) is 31.1. The predicted molar refractivity (Wildman–Crippen MR) is 188 cm³/mol. The van der Waals surface area contributed by atoms with Gasteiger partial charge in [-0.05, 0) is 0 Å². The third-order valence-corrected chi connectivity index (χ3v) is 18.1. The van der Waals surface area contributed by atoms with Crippen molar-refractivity contribution in [1.82, 2.24) is 0 Å². The topological polar surface area (TPSA) is 0 Å². The van der Waals surface area contributed by atoms with Gasteiger partial charge in [-0.1, -0.05) is 0 Å². The molecule has 1 atom stereocenters. The van der Waals surface area contributed by atoms with Gasteiger partial charge in [0.15, 0.2) is 0 Å². The second-order valence-electron chi connectivity index (χ2n) is 15.9. The van der Waals surface area contributed by atoms with Gasteiger partial charge in [0.05, 0.1) is 0 Å². The third-order valence-electron chi connectivity index (χ3n) is 9.54. The molecule has 6 rings (SSSR count). The van der Waals surface area contributed by atoms with E-state index in [0.717, 1.165) is 0 Å². The van der Waals surface area contributed by atoms with E-state index in [9.17, 15) is 0 Å². The molecule has 0 nitrogen and oxygen atoms in total. The molecule has 224 valence electrons. The summed E-state index contributed by atoms with van der Waals surface area (Å²) < 4.78 is 2.50. The standard InChI is InChI=1S/C21H25.C13H10.C9H13.Zr/c1-20(2,3)16-7-9-18-14(12-16)11-15-13-17(21(4,5)6)8-10-19(15)18;1-3-7-12(8-4-1)11-13-9-5-2-6-10-13;1-9(2,3)8-6-4-5-7-8;/h7-13H,1-6H3;1-10H;4-7H,1-3H3;. The first-order chi connectivity index (χ1) is 20.7. The molecule has 4 aromatic carbocycles. The Morgan fingerprint density at radius 3 is 1.39 bits per heavy atom. The molecular weight excluding hydrogens is 608 g/mol. The van der Waals surface area contributed by atoms with E-state index in [1.165, 1.54) is 39.0 Å². The summed E-state index contributed by atoms with van der Waals surface area (Å²) in [5, 5.41) is 0. The molecule has 44 heavy (non-hydrogen) atoms. The Bertz CT molecular complexity index is 1670. The SMILES string of the molecule is CC(C)(C)C1=C[CH]([Zr](=[C](c2ccccc2)c2ccccc2)[CH]2c3cc(C(C)(C)C)ccc3-c3ccc(C(C)(C)C)cc32)C=C1. The van der Waals surface area contributed by atoms with E-state index in [1.54, 1.807) is 14.3 Å². The van der Waals surface area contributed by atoms with Crippen molar-refractivity contribution in [1.29, 1.82) is 0 Å². The molecule has 2 aliphatic carbocycles. The minimum absolute atomic E-state index is 0.0897. The first-order valence-electron chi connectivity index (χ1n) is 16.3. The van der Waals surface area contributed by atoms with Crippen LogP contribution in [0, 0.1) is 5.41 Å². The van der Waals surface area contributed by atoms with Crippen LogP contribution >= 0.6 is 0 Å². The van der Waals surface area contributed by atoms with Crippen LogP contribution in [0.2, 0.25) is 3.63 Å². The summed E-state index contributed by atoms with van der Waals surface area (Å²) in [7, 11) is 0. The summed E-state index contributed by atoms with van der Waals surface area (Å²) in [5.41, 5.74) is 13.4. The molecule has 0 N–H and O–H groups in total. The second-order valence-corrected chi connectivity index (χ2v) is 22.4. The number of benzene rings is 4. The molecule has 2 aliphatic rings. The molecule has 4 aromatic rings. The van der Waals surface area contributed by atoms with Gasteiger partial charge in [-0.15, -0.1) is 0 Å². The molecule has 0 spiro atoms. The van der Waals surface area contributed by atoms with Gasteiger partial charge in [0, 0.05) is 0 Å². The van der Waals surface area contributed by atoms with E-state index in [-0.39, 0.29) is 16.2 Å². The maximum atomic E-state index is 2.67. The molecule has 1 heteroatoms. The molecule has 0 radical (unpaired) electrons. The maximum absolute atomic E-state index is 2.76. The van der Waals surface area contributed by atoms with Gasteiger partial charge in [-0.25, -0.2) is 0 Å². The first-order valence-corrected chi connectivity index (χ1v) is 20.3. The van der Waals surface area contributed by atoms with Crippen molar-refractivity contribution in [2.45, 2.75) is 80.4 Å². The average Bonchev–Trinajstić information content (AvgIpc) is 3.59. The molecule has 1 unspecified atom stereocenters. The van der Waals surface area contributed by atoms with Crippen molar-refractivity contribution in [3.63, 3.8) is 0 Å². The molecule has 0 amide bonds. The van der Waals surface area contributed by atoms with Crippen LogP contribution in [0.1, 0.15) is 99.3 Å². The number of hydrogen-bond donors (Lipinski definition) is 0. The van der Waals surface area contributed by atoms with E-state index in [0.29, 0.717) is 7.25 Å². The molecule has 0 aliphatic heterocycles. The average molecular weight is 656 g/mol. The summed E-state index contributed by atoms with van der Waals surface area (Å²) in [5.74, 6) is 0. The summed E-state index contributed by atoms with van der Waals surface area (Å²) in [4.78, 5) is 0. The van der Waals surface area contributed by atoms with Crippen LogP contribution < -0.4 is 0 Å². The van der Waals surface area contributed by atoms with Crippen LogP contribution in [0.25, 0.3) is 11.1 Å². The third kappa shape index (κ3) is 5.90. The van der Waals surface area contributed by atoms with Crippen molar-refractivity contribution in [2.75, 3.05) is 0 Å². The van der Waals surface area contributed by atoms with Crippen LogP contribution in [0.4, 0.5) is 0 Å². The molecule has 0 fully saturated rings. The fraction of sp³-hybridized carbons (Fsp3) is 0.326. The van der Waals surface area contributed by atoms with Crippen LogP contribution in [0.3, 0.4) is 0 Å². The number of rotatable bonds is 4. The fourth-order valence-electron chi connectivity index (χ4n) is 6.95. The summed E-state index contributed by atoms with van der Waals surface area (Å²) in [6, 6.07) is 37.5. The Kier molecular flexibility index (Phi) is 8.12. The Hall–Kier alpha value is -2.89. The Labute approximate surface area is 274 Å². The Balaban J connectivity index is 1.75. The van der Waals surface area contributed by atoms with Crippen molar-refractivity contribution in [3.8, 4) is 11.1 Å². The van der Waals surface area contributed by atoms with Crippen molar-refractivity contribution >= 4 is 3.21 Å². The molecule has 0 saturated carbocycles. The summed E-state index contributed by atoms with van der Waals surface area (Å²) >= 11 is -2.76. The second kappa shape index (κ2) is 11.5. The van der Waals surface area contributed by atoms with E-state index >= 15 is 0 Å². The molecule has 0 saturated heterocycles. The van der Waals surface area contributed by atoms with Crippen molar-refractivity contribution in [3.05, 3.63) is 154 Å². The quantitative estimate of drug-likeness (QED) is 0.205. The Morgan fingerprint density at radius 1 is 0.545 bits per heavy atom. The summed E-state index contributed by atoms with van der Waals surface area (Å²) in [6.45, 7) is 21.2. The van der Waals surface area contributed by atoms with Gasteiger partial charge >= 0.3 is 276 Å². The number of hydrogen-bond acceptors (Lipinski definition) is 0. The van der Waals surface area contributed by atoms with Crippen molar-refractivity contribution < 1.29 is 21.3 Å². The van der Waals surface area contributed by atoms with Crippen LogP contribution in [-0.2, 0) is 32.1 Å². The molecular formula is C43H48Zr. The van der Waals surface area contributed by atoms with E-state index in [2.05, 4.69) is 178 Å². The summed E-state index contributed by atoms with van der Waals surface area (Å²) in [6.07, 6.45) is 7.70. The zero-order chi connectivity index (χ0) is 31.4. The predicted octanol–water partition coefficient (Wildman–Crippen LogP) is 11.6. The van der Waals surface area contributed by atoms with Gasteiger partial charge in [-0.2, -0.15) is 0 Å². The van der Waals surface area contributed by atoms with Crippen molar-refractivity contribution in [2.24, 2.45) is 5.41 Å². The van der Waals surface area contributed by atoms with Gasteiger partial charge in [0.1, 0.15) is 0 Å². The zero-order valence-corrected chi connectivity index (χ0v) is 30.6.